The van der Waals surface area contributed by atoms with E-state index in [9.17, 15) is 4.79 Å². The van der Waals surface area contributed by atoms with E-state index in [0.717, 1.165) is 11.4 Å². The molecule has 0 saturated carbocycles. The van der Waals surface area contributed by atoms with Crippen molar-refractivity contribution in [2.45, 2.75) is 0 Å². The van der Waals surface area contributed by atoms with Gasteiger partial charge in [0.1, 0.15) is 13.2 Å². The number of carbonyl (C=O) groups excluding carboxylic acids is 1. The first kappa shape index (κ1) is 9.76. The van der Waals surface area contributed by atoms with Crippen molar-refractivity contribution in [3.63, 3.8) is 0 Å². The van der Waals surface area contributed by atoms with Crippen molar-refractivity contribution in [1.29, 1.82) is 0 Å². The number of carbonyl (C=O) groups is 1. The van der Waals surface area contributed by atoms with Crippen LogP contribution in [0.15, 0.2) is 29.2 Å². The summed E-state index contributed by atoms with van der Waals surface area (Å²) in [4.78, 5) is 19.1. The van der Waals surface area contributed by atoms with Gasteiger partial charge in [0, 0.05) is 26.5 Å². The Morgan fingerprint density at radius 3 is 3.20 bits per heavy atom. The Bertz CT molecular complexity index is 368. The summed E-state index contributed by atoms with van der Waals surface area (Å²) in [6.45, 7) is 0.989. The molecule has 0 saturated heterocycles. The number of allylic oxidation sites excluding steroid dienone is 1. The average molecular weight is 206 g/mol. The smallest absolute Gasteiger partial charge is 0.241 e. The van der Waals surface area contributed by atoms with Crippen LogP contribution < -0.4 is 5.32 Å². The molecule has 2 heterocycles. The fourth-order valence-corrected chi connectivity index (χ4v) is 1.41. The van der Waals surface area contributed by atoms with Gasteiger partial charge in [-0.05, 0) is 6.08 Å². The number of fused-ring (bicyclic) bond motifs is 1. The van der Waals surface area contributed by atoms with Crippen molar-refractivity contribution in [3.8, 4) is 0 Å². The van der Waals surface area contributed by atoms with Gasteiger partial charge in [0.15, 0.2) is 0 Å². The lowest BCUT2D eigenvalue weighted by Crippen LogP contribution is -2.33. The van der Waals surface area contributed by atoms with Crippen molar-refractivity contribution in [1.82, 2.24) is 15.1 Å². The van der Waals surface area contributed by atoms with Gasteiger partial charge >= 0.3 is 0 Å². The first-order chi connectivity index (χ1) is 7.16. The maximum atomic E-state index is 11.5. The maximum Gasteiger partial charge on any atom is 0.241 e. The summed E-state index contributed by atoms with van der Waals surface area (Å²) in [5, 5.41) is 3.13. The first-order valence-corrected chi connectivity index (χ1v) is 4.81. The fraction of sp³-hybridized carbons (Fsp3) is 0.400. The zero-order chi connectivity index (χ0) is 10.8. The second kappa shape index (κ2) is 3.76. The molecule has 2 aliphatic heterocycles. The van der Waals surface area contributed by atoms with Crippen molar-refractivity contribution in [3.05, 3.63) is 24.2 Å². The molecule has 0 aliphatic carbocycles. The van der Waals surface area contributed by atoms with Crippen LogP contribution in [0, 0.1) is 0 Å². The summed E-state index contributed by atoms with van der Waals surface area (Å²) in [6.07, 6.45) is 5.70. The van der Waals surface area contributed by atoms with Gasteiger partial charge in [-0.1, -0.05) is 0 Å². The Kier molecular flexibility index (Phi) is 2.45. The molecular formula is C10H14N4O. The molecular weight excluding hydrogens is 192 g/mol. The Hall–Kier alpha value is -1.78. The lowest BCUT2D eigenvalue weighted by Gasteiger charge is -2.21. The second-order valence-electron chi connectivity index (χ2n) is 3.70. The molecule has 2 rings (SSSR count). The number of amides is 1. The van der Waals surface area contributed by atoms with Crippen LogP contribution in [0.2, 0.25) is 0 Å². The molecule has 80 valence electrons. The highest BCUT2D eigenvalue weighted by Crippen LogP contribution is 2.11. The molecule has 5 heteroatoms. The molecule has 0 fully saturated rings. The summed E-state index contributed by atoms with van der Waals surface area (Å²) < 4.78 is 0. The molecule has 0 aromatic heterocycles. The highest BCUT2D eigenvalue weighted by atomic mass is 16.2. The van der Waals surface area contributed by atoms with Crippen molar-refractivity contribution >= 4 is 11.6 Å². The third-order valence-corrected chi connectivity index (χ3v) is 2.33. The summed E-state index contributed by atoms with van der Waals surface area (Å²) in [7, 11) is 3.51. The number of likely N-dealkylation sites (N-methyl/N-ethyl adjacent to an activating group) is 1. The van der Waals surface area contributed by atoms with Crippen LogP contribution in [-0.2, 0) is 4.79 Å². The van der Waals surface area contributed by atoms with Crippen LogP contribution in [-0.4, -0.2) is 48.7 Å². The Morgan fingerprint density at radius 1 is 1.67 bits per heavy atom. The van der Waals surface area contributed by atoms with Gasteiger partial charge in [0.05, 0.1) is 11.4 Å². The van der Waals surface area contributed by atoms with Crippen LogP contribution in [0.25, 0.3) is 0 Å². The lowest BCUT2D eigenvalue weighted by atomic mass is 10.2. The van der Waals surface area contributed by atoms with Gasteiger partial charge in [-0.2, -0.15) is 0 Å². The largest absolute Gasteiger partial charge is 0.363 e. The summed E-state index contributed by atoms with van der Waals surface area (Å²) in [5.74, 6) is 0.0786. The Morgan fingerprint density at radius 2 is 2.47 bits per heavy atom. The second-order valence-corrected chi connectivity index (χ2v) is 3.70. The molecule has 0 aromatic rings. The zero-order valence-electron chi connectivity index (χ0n) is 8.90. The summed E-state index contributed by atoms with van der Waals surface area (Å²) >= 11 is 0. The van der Waals surface area contributed by atoms with Gasteiger partial charge in [-0.3, -0.25) is 9.79 Å². The number of aliphatic imine (C=N–C) groups is 1. The van der Waals surface area contributed by atoms with E-state index in [0.29, 0.717) is 13.2 Å². The third-order valence-electron chi connectivity index (χ3n) is 2.33. The highest BCUT2D eigenvalue weighted by Gasteiger charge is 2.17. The number of rotatable bonds is 2. The van der Waals surface area contributed by atoms with Gasteiger partial charge < -0.3 is 15.1 Å². The van der Waals surface area contributed by atoms with Gasteiger partial charge in [0.25, 0.3) is 0 Å². The van der Waals surface area contributed by atoms with E-state index in [1.165, 1.54) is 0 Å². The minimum Gasteiger partial charge on any atom is -0.363 e. The molecule has 0 aromatic carbocycles. The zero-order valence-corrected chi connectivity index (χ0v) is 8.90. The van der Waals surface area contributed by atoms with E-state index in [-0.39, 0.29) is 5.91 Å². The minimum atomic E-state index is 0.0786. The van der Waals surface area contributed by atoms with E-state index in [4.69, 9.17) is 0 Å². The minimum absolute atomic E-state index is 0.0786. The van der Waals surface area contributed by atoms with Gasteiger partial charge in [0.2, 0.25) is 5.91 Å². The lowest BCUT2D eigenvalue weighted by molar-refractivity contribution is -0.128. The van der Waals surface area contributed by atoms with E-state index < -0.39 is 0 Å². The highest BCUT2D eigenvalue weighted by molar-refractivity contribution is 6.09. The molecule has 0 atom stereocenters. The topological polar surface area (TPSA) is 47.9 Å². The molecule has 1 N–H and O–H groups in total. The first-order valence-electron chi connectivity index (χ1n) is 4.81. The van der Waals surface area contributed by atoms with Crippen LogP contribution in [0.5, 0.6) is 0 Å². The van der Waals surface area contributed by atoms with Crippen molar-refractivity contribution in [2.75, 3.05) is 27.3 Å². The molecule has 15 heavy (non-hydrogen) atoms. The molecule has 0 unspecified atom stereocenters. The average Bonchev–Trinajstić information content (AvgIpc) is 2.64. The van der Waals surface area contributed by atoms with Gasteiger partial charge in [-0.15, -0.1) is 0 Å². The molecule has 5 nitrogen and oxygen atoms in total. The number of hydrogen-bond acceptors (Lipinski definition) is 4. The van der Waals surface area contributed by atoms with Crippen LogP contribution in [0.4, 0.5) is 0 Å². The standard InChI is InChI=1S/C10H14N4O/c1-13(2)10(15)6-14-4-3-8-9(5-14)12-7-11-8/h3-5,12H,6-7H2,1-2H3. The molecule has 2 aliphatic rings. The molecule has 1 amide bonds. The number of hydrogen-bond donors (Lipinski definition) is 1. The molecule has 0 spiro atoms. The van der Waals surface area contributed by atoms with Crippen LogP contribution in [0.3, 0.4) is 0 Å². The maximum absolute atomic E-state index is 11.5. The van der Waals surface area contributed by atoms with E-state index in [2.05, 4.69) is 10.3 Å². The van der Waals surface area contributed by atoms with Crippen molar-refractivity contribution in [2.24, 2.45) is 4.99 Å². The molecule has 0 bridgehead atoms. The van der Waals surface area contributed by atoms with E-state index in [1.807, 2.05) is 23.4 Å². The Balaban J connectivity index is 2.02. The fourth-order valence-electron chi connectivity index (χ4n) is 1.41. The Labute approximate surface area is 88.8 Å². The summed E-state index contributed by atoms with van der Waals surface area (Å²) in [5.41, 5.74) is 1.95. The monoisotopic (exact) mass is 206 g/mol. The number of nitrogens with one attached hydrogen (secondary N) is 1. The van der Waals surface area contributed by atoms with Crippen LogP contribution >= 0.6 is 0 Å². The SMILES string of the molecule is CN(C)C(=O)CN1C=CC2=NCNC2=C1. The quantitative estimate of drug-likeness (QED) is 0.677. The third kappa shape index (κ3) is 2.01. The molecule has 0 radical (unpaired) electrons. The number of nitrogens with zero attached hydrogens (tertiary/aromatic N) is 3. The van der Waals surface area contributed by atoms with Gasteiger partial charge in [-0.25, -0.2) is 0 Å². The predicted octanol–water partition coefficient (Wildman–Crippen LogP) is -0.253. The van der Waals surface area contributed by atoms with E-state index >= 15 is 0 Å². The normalized spacial score (nSPS) is 17.9. The van der Waals surface area contributed by atoms with E-state index in [1.54, 1.807) is 19.0 Å². The van der Waals surface area contributed by atoms with Crippen LogP contribution in [0.1, 0.15) is 0 Å². The van der Waals surface area contributed by atoms with Crippen molar-refractivity contribution < 1.29 is 4.79 Å². The summed E-state index contributed by atoms with van der Waals surface area (Å²) in [6, 6.07) is 0. The predicted molar refractivity (Wildman–Crippen MR) is 58.1 cm³/mol.